The molecule has 0 bridgehead atoms. The van der Waals surface area contributed by atoms with Crippen molar-refractivity contribution in [1.29, 1.82) is 0 Å². The molecule has 2 aromatic carbocycles. The van der Waals surface area contributed by atoms with Crippen molar-refractivity contribution in [3.8, 4) is 5.69 Å². The Morgan fingerprint density at radius 3 is 2.24 bits per heavy atom. The lowest BCUT2D eigenvalue weighted by atomic mass is 10.2. The largest absolute Gasteiger partial charge is 0.417 e. The molecule has 1 heterocycles. The lowest BCUT2D eigenvalue weighted by molar-refractivity contribution is -0.140. The summed E-state index contributed by atoms with van der Waals surface area (Å²) in [5, 5.41) is 6.68. The molecular weight excluding hydrogens is 502 g/mol. The molecular formula is C18H11ClF6N4O3S. The number of sulfonamides is 1. The maximum Gasteiger partial charge on any atom is 0.417 e. The topological polar surface area (TPSA) is 93.9 Å². The van der Waals surface area contributed by atoms with Gasteiger partial charge in [0.05, 0.1) is 32.4 Å². The van der Waals surface area contributed by atoms with Crippen molar-refractivity contribution in [3.05, 3.63) is 70.0 Å². The fraction of sp³-hybridized carbons (Fsp3) is 0.167. The highest BCUT2D eigenvalue weighted by Gasteiger charge is 2.38. The van der Waals surface area contributed by atoms with Crippen LogP contribution in [0.15, 0.2) is 47.4 Å². The van der Waals surface area contributed by atoms with Crippen LogP contribution in [0, 0.1) is 6.92 Å². The Kier molecular flexibility index (Phi) is 6.19. The molecule has 1 aromatic heterocycles. The van der Waals surface area contributed by atoms with Gasteiger partial charge in [0, 0.05) is 0 Å². The molecule has 0 saturated carbocycles. The minimum absolute atomic E-state index is 0.0982. The molecule has 0 atom stereocenters. The van der Waals surface area contributed by atoms with Crippen LogP contribution in [0.4, 0.5) is 26.3 Å². The molecule has 15 heteroatoms. The summed E-state index contributed by atoms with van der Waals surface area (Å²) in [4.78, 5) is 11.3. The summed E-state index contributed by atoms with van der Waals surface area (Å²) >= 11 is 5.89. The van der Waals surface area contributed by atoms with Crippen molar-refractivity contribution < 1.29 is 39.6 Å². The molecule has 0 unspecified atom stereocenters. The quantitative estimate of drug-likeness (QED) is 0.523. The molecule has 0 aliphatic heterocycles. The average Bonchev–Trinajstić information content (AvgIpc) is 3.07. The van der Waals surface area contributed by atoms with Gasteiger partial charge in [-0.15, -0.1) is 5.10 Å². The second-order valence-electron chi connectivity index (χ2n) is 6.53. The van der Waals surface area contributed by atoms with Crippen LogP contribution in [0.25, 0.3) is 5.69 Å². The van der Waals surface area contributed by atoms with E-state index in [2.05, 4.69) is 10.3 Å². The van der Waals surface area contributed by atoms with Crippen LogP contribution < -0.4 is 4.72 Å². The SMILES string of the molecule is Cc1c(C(=O)NS(=O)(=O)c2ccccc2C(F)(F)F)nnn1-c1ccc(C(F)(F)F)cc1Cl. The van der Waals surface area contributed by atoms with Crippen molar-refractivity contribution in [1.82, 2.24) is 19.7 Å². The van der Waals surface area contributed by atoms with Crippen LogP contribution in [-0.4, -0.2) is 29.3 Å². The summed E-state index contributed by atoms with van der Waals surface area (Å²) < 4.78 is 105. The van der Waals surface area contributed by atoms with E-state index in [4.69, 9.17) is 11.6 Å². The van der Waals surface area contributed by atoms with Gasteiger partial charge >= 0.3 is 12.4 Å². The van der Waals surface area contributed by atoms with Gasteiger partial charge in [0.1, 0.15) is 0 Å². The Morgan fingerprint density at radius 2 is 1.67 bits per heavy atom. The van der Waals surface area contributed by atoms with Crippen LogP contribution in [0.2, 0.25) is 5.02 Å². The highest BCUT2D eigenvalue weighted by molar-refractivity contribution is 7.90. The Balaban J connectivity index is 1.94. The van der Waals surface area contributed by atoms with Gasteiger partial charge in [0.2, 0.25) is 0 Å². The molecule has 0 spiro atoms. The molecule has 0 aliphatic rings. The minimum atomic E-state index is -5.01. The molecule has 7 nitrogen and oxygen atoms in total. The zero-order valence-electron chi connectivity index (χ0n) is 16.2. The second-order valence-corrected chi connectivity index (χ2v) is 8.59. The summed E-state index contributed by atoms with van der Waals surface area (Å²) in [6.45, 7) is 1.24. The molecule has 0 saturated heterocycles. The molecule has 1 amide bonds. The third-order valence-electron chi connectivity index (χ3n) is 4.32. The van der Waals surface area contributed by atoms with E-state index >= 15 is 0 Å². The van der Waals surface area contributed by atoms with E-state index in [-0.39, 0.29) is 11.4 Å². The molecule has 176 valence electrons. The van der Waals surface area contributed by atoms with Gasteiger partial charge < -0.3 is 0 Å². The maximum atomic E-state index is 13.1. The first kappa shape index (κ1) is 24.5. The summed E-state index contributed by atoms with van der Waals surface area (Å²) in [5.41, 5.74) is -3.35. The zero-order valence-corrected chi connectivity index (χ0v) is 17.7. The molecule has 3 aromatic rings. The van der Waals surface area contributed by atoms with Crippen molar-refractivity contribution in [2.75, 3.05) is 0 Å². The van der Waals surface area contributed by atoms with Crippen LogP contribution in [-0.2, 0) is 22.4 Å². The number of amides is 1. The molecule has 33 heavy (non-hydrogen) atoms. The molecule has 0 radical (unpaired) electrons. The van der Waals surface area contributed by atoms with Gasteiger partial charge in [-0.2, -0.15) is 26.3 Å². The monoisotopic (exact) mass is 512 g/mol. The van der Waals surface area contributed by atoms with E-state index in [0.717, 1.165) is 22.9 Å². The Morgan fingerprint density at radius 1 is 1.03 bits per heavy atom. The van der Waals surface area contributed by atoms with Gasteiger partial charge in [-0.25, -0.2) is 17.8 Å². The van der Waals surface area contributed by atoms with E-state index < -0.39 is 55.0 Å². The van der Waals surface area contributed by atoms with Crippen molar-refractivity contribution in [2.24, 2.45) is 0 Å². The van der Waals surface area contributed by atoms with Gasteiger partial charge in [-0.05, 0) is 37.3 Å². The molecule has 1 N–H and O–H groups in total. The van der Waals surface area contributed by atoms with Crippen molar-refractivity contribution in [3.63, 3.8) is 0 Å². The number of rotatable bonds is 4. The van der Waals surface area contributed by atoms with Gasteiger partial charge in [0.25, 0.3) is 15.9 Å². The zero-order chi connectivity index (χ0) is 24.8. The van der Waals surface area contributed by atoms with E-state index in [1.807, 2.05) is 0 Å². The number of aromatic nitrogens is 3. The van der Waals surface area contributed by atoms with Gasteiger partial charge in [0.15, 0.2) is 5.69 Å². The summed E-state index contributed by atoms with van der Waals surface area (Å²) in [7, 11) is -4.97. The third kappa shape index (κ3) is 4.95. The van der Waals surface area contributed by atoms with E-state index in [1.54, 1.807) is 0 Å². The lowest BCUT2D eigenvalue weighted by Gasteiger charge is -2.13. The Bertz CT molecular complexity index is 1340. The highest BCUT2D eigenvalue weighted by atomic mass is 35.5. The standard InChI is InChI=1S/C18H11ClF6N4O3S/c1-9-15(26-28-29(9)13-7-6-10(8-12(13)19)17(20,21)22)16(30)27-33(31,32)14-5-3-2-4-11(14)18(23,24)25/h2-8H,1H3,(H,27,30). The molecule has 3 rings (SSSR count). The van der Waals surface area contributed by atoms with E-state index in [1.165, 1.54) is 11.6 Å². The summed E-state index contributed by atoms with van der Waals surface area (Å²) in [6.07, 6.45) is -9.67. The second kappa shape index (κ2) is 8.33. The Labute approximate surface area is 187 Å². The normalized spacial score (nSPS) is 12.6. The predicted molar refractivity (Wildman–Crippen MR) is 102 cm³/mol. The number of nitrogens with zero attached hydrogens (tertiary/aromatic N) is 3. The maximum absolute atomic E-state index is 13.1. The smallest absolute Gasteiger partial charge is 0.266 e. The van der Waals surface area contributed by atoms with Crippen LogP contribution in [0.3, 0.4) is 0 Å². The lowest BCUT2D eigenvalue weighted by Crippen LogP contribution is -2.32. The number of hydrogen-bond donors (Lipinski definition) is 1. The molecule has 0 fully saturated rings. The third-order valence-corrected chi connectivity index (χ3v) is 6.01. The van der Waals surface area contributed by atoms with Crippen LogP contribution in [0.5, 0.6) is 0 Å². The number of halogens is 7. The van der Waals surface area contributed by atoms with Crippen molar-refractivity contribution in [2.45, 2.75) is 24.2 Å². The number of carbonyl (C=O) groups excluding carboxylic acids is 1. The van der Waals surface area contributed by atoms with E-state index in [9.17, 15) is 39.6 Å². The van der Waals surface area contributed by atoms with Gasteiger partial charge in [-0.3, -0.25) is 4.79 Å². The fourth-order valence-electron chi connectivity index (χ4n) is 2.78. The first-order valence-electron chi connectivity index (χ1n) is 8.65. The highest BCUT2D eigenvalue weighted by Crippen LogP contribution is 2.35. The number of carbonyl (C=O) groups is 1. The average molecular weight is 513 g/mol. The van der Waals surface area contributed by atoms with E-state index in [0.29, 0.717) is 24.3 Å². The first-order chi connectivity index (χ1) is 15.1. The van der Waals surface area contributed by atoms with Crippen LogP contribution in [0.1, 0.15) is 27.3 Å². The van der Waals surface area contributed by atoms with Crippen molar-refractivity contribution >= 4 is 27.5 Å². The number of benzene rings is 2. The minimum Gasteiger partial charge on any atom is -0.266 e. The molecule has 0 aliphatic carbocycles. The van der Waals surface area contributed by atoms with Gasteiger partial charge in [-0.1, -0.05) is 28.9 Å². The Hall–Kier alpha value is -3.13. The summed E-state index contributed by atoms with van der Waals surface area (Å²) in [5.74, 6) is -1.40. The first-order valence-corrected chi connectivity index (χ1v) is 10.5. The fourth-order valence-corrected chi connectivity index (χ4v) is 4.23. The number of nitrogens with one attached hydrogen (secondary N) is 1. The number of hydrogen-bond acceptors (Lipinski definition) is 5. The summed E-state index contributed by atoms with van der Waals surface area (Å²) in [6, 6.07) is 5.52. The van der Waals surface area contributed by atoms with Crippen LogP contribution >= 0.6 is 11.6 Å². The predicted octanol–water partition coefficient (Wildman–Crippen LogP) is 4.39. The number of alkyl halides is 6.